The molecule has 1 N–H and O–H groups in total. The number of methoxy groups -OCH3 is 1. The fourth-order valence-corrected chi connectivity index (χ4v) is 16.5. The van der Waals surface area contributed by atoms with Crippen LogP contribution in [0.5, 0.6) is 11.5 Å². The van der Waals surface area contributed by atoms with Crippen molar-refractivity contribution in [2.75, 3.05) is 7.11 Å². The number of benzene rings is 14. The van der Waals surface area contributed by atoms with Crippen LogP contribution in [-0.4, -0.2) is 50.4 Å². The van der Waals surface area contributed by atoms with E-state index in [0.717, 1.165) is 117 Å². The Labute approximate surface area is 662 Å². The largest absolute Gasteiger partial charge is 0.507 e. The van der Waals surface area contributed by atoms with Gasteiger partial charge in [0.05, 0.1) is 96.1 Å². The number of hydrogen-bond acceptors (Lipinski definition) is 6. The molecule has 0 atom stereocenters. The zero-order valence-electron chi connectivity index (χ0n) is 59.5. The van der Waals surface area contributed by atoms with Gasteiger partial charge in [-0.05, 0) is 168 Å². The van der Waals surface area contributed by atoms with E-state index in [9.17, 15) is 5.11 Å². The van der Waals surface area contributed by atoms with Crippen LogP contribution in [0.3, 0.4) is 0 Å². The summed E-state index contributed by atoms with van der Waals surface area (Å²) in [6, 6.07) is 123. The SMILES string of the molecule is BrP(Br)Br.COc1ccccc1-c1ccc2ccc3ccc(-c4cccc(-n5c6ccccc6c6ccc7c8ccccc8n(-c8ccccc8)c7c65)c4)nc3c2n1.Oc1ccccc1-c1ccc2ccc3ccc(-c4cccc(-n5c6ccccc6c6ccc7c8ccccc8n(-c8ccccc8)c7c65)c4)nc3c2n1. The van der Waals surface area contributed by atoms with E-state index < -0.39 is 0 Å². The van der Waals surface area contributed by atoms with Gasteiger partial charge in [-0.25, -0.2) is 19.9 Å². The van der Waals surface area contributed by atoms with Crippen LogP contribution in [0.4, 0.5) is 0 Å². The number of rotatable bonds is 9. The minimum Gasteiger partial charge on any atom is -0.507 e. The Morgan fingerprint density at radius 1 is 0.270 bits per heavy atom. The normalized spacial score (nSPS) is 11.7. The van der Waals surface area contributed by atoms with E-state index in [-0.39, 0.29) is 9.78 Å². The summed E-state index contributed by atoms with van der Waals surface area (Å²) in [4.78, 5) is 20.8. The number of halogens is 3. The molecule has 0 unspecified atom stereocenters. The Kier molecular flexibility index (Phi) is 17.2. The number of ether oxygens (including phenoxy) is 1. The highest BCUT2D eigenvalue weighted by molar-refractivity contribution is 9.93. The second-order valence-corrected chi connectivity index (χ2v) is 42.8. The maximum atomic E-state index is 10.6. The third kappa shape index (κ3) is 11.7. The molecule has 0 aliphatic carbocycles. The lowest BCUT2D eigenvalue weighted by molar-refractivity contribution is 0.416. The third-order valence-corrected chi connectivity index (χ3v) is 21.4. The molecule has 111 heavy (non-hydrogen) atoms. The van der Waals surface area contributed by atoms with E-state index >= 15 is 0 Å². The smallest absolute Gasteiger partial charge is 0.128 e. The van der Waals surface area contributed by atoms with Crippen molar-refractivity contribution in [2.24, 2.45) is 0 Å². The summed E-state index contributed by atoms with van der Waals surface area (Å²) in [7, 11) is 1.70. The van der Waals surface area contributed by atoms with Crippen LogP contribution in [0.25, 0.3) is 199 Å². The zero-order valence-corrected chi connectivity index (χ0v) is 65.2. The molecule has 22 aromatic rings. The number of fused-ring (bicyclic) bond motifs is 20. The maximum Gasteiger partial charge on any atom is 0.128 e. The van der Waals surface area contributed by atoms with Crippen LogP contribution in [-0.2, 0) is 0 Å². The number of aromatic nitrogens is 8. The number of phenolic OH excluding ortho intramolecular Hbond substituents is 1. The lowest BCUT2D eigenvalue weighted by atomic mass is 10.0. The van der Waals surface area contributed by atoms with Crippen molar-refractivity contribution in [3.8, 4) is 79.3 Å². The molecule has 14 heteroatoms. The highest BCUT2D eigenvalue weighted by atomic mass is 80.0. The molecule has 8 heterocycles. The second-order valence-electron chi connectivity index (χ2n) is 27.5. The summed E-state index contributed by atoms with van der Waals surface area (Å²) in [5, 5.41) is 24.5. The van der Waals surface area contributed by atoms with Gasteiger partial charge in [-0.1, -0.05) is 231 Å². The molecule has 8 aromatic heterocycles. The number of para-hydroxylation sites is 8. The topological polar surface area (TPSA) is 101 Å². The number of aromatic hydroxyl groups is 1. The Morgan fingerprint density at radius 3 is 0.937 bits per heavy atom. The van der Waals surface area contributed by atoms with Crippen molar-refractivity contribution < 1.29 is 9.84 Å². The Balaban J connectivity index is 0.000000138. The molecule has 0 fully saturated rings. The lowest BCUT2D eigenvalue weighted by Gasteiger charge is -2.14. The van der Waals surface area contributed by atoms with Gasteiger partial charge in [-0.3, -0.25) is 0 Å². The average molecular weight is 1640 g/mol. The molecule has 0 aliphatic heterocycles. The Bertz CT molecular complexity index is 7480. The van der Waals surface area contributed by atoms with Crippen LogP contribution in [0.1, 0.15) is 0 Å². The summed E-state index contributed by atoms with van der Waals surface area (Å²) in [6.07, 6.45) is 0. The van der Waals surface area contributed by atoms with Gasteiger partial charge in [-0.2, -0.15) is 0 Å². The van der Waals surface area contributed by atoms with Crippen molar-refractivity contribution >= 4 is 181 Å². The molecule has 0 saturated heterocycles. The lowest BCUT2D eigenvalue weighted by Crippen LogP contribution is -1.99. The summed E-state index contributed by atoms with van der Waals surface area (Å²) in [5.41, 5.74) is 24.2. The van der Waals surface area contributed by atoms with E-state index in [1.807, 2.05) is 48.5 Å². The first kappa shape index (κ1) is 67.7. The zero-order chi connectivity index (χ0) is 74.4. The molecular formula is C97H62Br3N8O2P. The highest BCUT2D eigenvalue weighted by Crippen LogP contribution is 2.59. The van der Waals surface area contributed by atoms with Gasteiger partial charge >= 0.3 is 0 Å². The minimum absolute atomic E-state index is 0.183. The van der Waals surface area contributed by atoms with E-state index in [1.54, 1.807) is 13.2 Å². The number of pyridine rings is 4. The standard InChI is InChI=1S/C49H32N4O.C48H30N4O.Br3P/c1-54-45-21-10-7-18-40(45)42-29-25-32-23-22-31-24-28-41(50-46(31)47(32)51-42)33-12-11-15-35(30-33)53-44-20-9-6-17-37(44)39-27-26-38-36-16-5-8-19-43(36)52(48(38)49(39)53)34-13-3-2-4-14-34;53-44-20-9-6-17-39(44)41-28-24-31-22-21-30-23-27-40(49-45(30)46(31)50-41)32-11-10-14-34(29-32)52-43-19-8-5-16-36(43)38-26-25-37-35-15-4-7-18-42(35)51(47(37)48(38)52)33-12-2-1-3-13-33;1-4(2)3/h2-30H,1H3;1-29,53H;. The molecule has 0 saturated carbocycles. The molecule has 0 aliphatic rings. The first-order valence-corrected chi connectivity index (χ1v) is 43.9. The molecule has 0 bridgehead atoms. The second kappa shape index (κ2) is 28.1. The molecule has 14 aromatic carbocycles. The monoisotopic (exact) mass is 1640 g/mol. The van der Waals surface area contributed by atoms with Crippen molar-refractivity contribution in [1.82, 2.24) is 38.2 Å². The summed E-state index contributed by atoms with van der Waals surface area (Å²) < 4.78 is 15.2. The van der Waals surface area contributed by atoms with E-state index in [1.165, 1.54) is 76.2 Å². The van der Waals surface area contributed by atoms with Gasteiger partial charge in [0.25, 0.3) is 0 Å². The van der Waals surface area contributed by atoms with Crippen molar-refractivity contribution in [2.45, 2.75) is 0 Å². The molecule has 0 radical (unpaired) electrons. The fourth-order valence-electron chi connectivity index (χ4n) is 16.5. The average Bonchev–Trinajstić information content (AvgIpc) is 1.55. The van der Waals surface area contributed by atoms with Crippen LogP contribution in [0.2, 0.25) is 0 Å². The summed E-state index contributed by atoms with van der Waals surface area (Å²) in [5.74, 6) is 0.998. The van der Waals surface area contributed by atoms with Gasteiger partial charge in [0.1, 0.15) is 15.5 Å². The quantitative estimate of drug-likeness (QED) is 0.114. The van der Waals surface area contributed by atoms with Crippen LogP contribution in [0.15, 0.2) is 352 Å². The first-order chi connectivity index (χ1) is 54.7. The van der Waals surface area contributed by atoms with Crippen molar-refractivity contribution in [3.05, 3.63) is 352 Å². The van der Waals surface area contributed by atoms with E-state index in [0.29, 0.717) is 11.3 Å². The summed E-state index contributed by atoms with van der Waals surface area (Å²) in [6.45, 7) is 0. The van der Waals surface area contributed by atoms with E-state index in [4.69, 9.17) is 24.7 Å². The van der Waals surface area contributed by atoms with Crippen molar-refractivity contribution in [1.29, 1.82) is 0 Å². The number of phenols is 1. The van der Waals surface area contributed by atoms with Crippen LogP contribution >= 0.6 is 50.5 Å². The first-order valence-electron chi connectivity index (χ1n) is 36.5. The van der Waals surface area contributed by atoms with Crippen molar-refractivity contribution in [3.63, 3.8) is 0 Å². The predicted octanol–water partition coefficient (Wildman–Crippen LogP) is 27.7. The predicted molar refractivity (Wildman–Crippen MR) is 475 cm³/mol. The van der Waals surface area contributed by atoms with Gasteiger partial charge in [0.15, 0.2) is 0 Å². The van der Waals surface area contributed by atoms with Gasteiger partial charge in [0.2, 0.25) is 0 Å². The Hall–Kier alpha value is -12.6. The van der Waals surface area contributed by atoms with Gasteiger partial charge in [0, 0.05) is 110 Å². The maximum absolute atomic E-state index is 10.6. The molecule has 0 spiro atoms. The number of nitrogens with zero attached hydrogens (tertiary/aromatic N) is 8. The van der Waals surface area contributed by atoms with Crippen LogP contribution < -0.4 is 4.74 Å². The molecule has 528 valence electrons. The van der Waals surface area contributed by atoms with Gasteiger partial charge < -0.3 is 28.1 Å². The number of hydrogen-bond donors (Lipinski definition) is 1. The molecule has 10 nitrogen and oxygen atoms in total. The summed E-state index contributed by atoms with van der Waals surface area (Å²) >= 11 is 9.51. The fraction of sp³-hybridized carbons (Fsp3) is 0.0103. The molecular weight excluding hydrogens is 1580 g/mol. The van der Waals surface area contributed by atoms with Gasteiger partial charge in [-0.15, -0.1) is 0 Å². The highest BCUT2D eigenvalue weighted by Gasteiger charge is 2.25. The molecule has 0 amide bonds. The minimum atomic E-state index is -0.183. The molecule has 22 rings (SSSR count). The Morgan fingerprint density at radius 2 is 0.559 bits per heavy atom. The van der Waals surface area contributed by atoms with E-state index in [2.05, 4.69) is 362 Å². The third-order valence-electron chi connectivity index (χ3n) is 21.4. The van der Waals surface area contributed by atoms with Crippen LogP contribution in [0, 0.1) is 0 Å².